The lowest BCUT2D eigenvalue weighted by Gasteiger charge is -2.28. The summed E-state index contributed by atoms with van der Waals surface area (Å²) in [6.45, 7) is 6.88. The molecule has 0 aromatic heterocycles. The van der Waals surface area contributed by atoms with Crippen LogP contribution in [0.15, 0.2) is 36.9 Å². The predicted molar refractivity (Wildman–Crippen MR) is 86.4 cm³/mol. The maximum absolute atomic E-state index is 5.73. The average Bonchev–Trinajstić information content (AvgIpc) is 2.49. The molecule has 1 heteroatoms. The molecule has 20 heavy (non-hydrogen) atoms. The van der Waals surface area contributed by atoms with E-state index in [1.165, 1.54) is 44.1 Å². The fourth-order valence-corrected chi connectivity index (χ4v) is 3.14. The van der Waals surface area contributed by atoms with Gasteiger partial charge in [-0.3, -0.25) is 0 Å². The lowest BCUT2D eigenvalue weighted by atomic mass is 9.77. The molecule has 0 unspecified atom stereocenters. The highest BCUT2D eigenvalue weighted by atomic mass is 16.5. The van der Waals surface area contributed by atoms with Crippen LogP contribution in [-0.4, -0.2) is 6.61 Å². The van der Waals surface area contributed by atoms with Crippen molar-refractivity contribution in [3.8, 4) is 5.75 Å². The van der Waals surface area contributed by atoms with Crippen molar-refractivity contribution in [1.29, 1.82) is 0 Å². The quantitative estimate of drug-likeness (QED) is 0.456. The minimum atomic E-state index is 0.751. The fourth-order valence-electron chi connectivity index (χ4n) is 3.14. The van der Waals surface area contributed by atoms with Gasteiger partial charge in [0.05, 0.1) is 6.61 Å². The van der Waals surface area contributed by atoms with Gasteiger partial charge in [0.25, 0.3) is 0 Å². The van der Waals surface area contributed by atoms with Gasteiger partial charge in [-0.15, -0.1) is 6.58 Å². The molecule has 0 amide bonds. The summed E-state index contributed by atoms with van der Waals surface area (Å²) in [6.07, 6.45) is 10.9. The number of unbranched alkanes of at least 4 members (excludes halogenated alkanes) is 1. The zero-order valence-electron chi connectivity index (χ0n) is 12.8. The van der Waals surface area contributed by atoms with Crippen LogP contribution in [-0.2, 0) is 0 Å². The van der Waals surface area contributed by atoms with Gasteiger partial charge in [-0.2, -0.15) is 0 Å². The summed E-state index contributed by atoms with van der Waals surface area (Å²) < 4.78 is 5.73. The van der Waals surface area contributed by atoms with Gasteiger partial charge in [-0.05, 0) is 68.1 Å². The number of allylic oxidation sites excluding steroid dienone is 1. The summed E-state index contributed by atoms with van der Waals surface area (Å²) >= 11 is 0. The van der Waals surface area contributed by atoms with E-state index in [0.29, 0.717) is 0 Å². The van der Waals surface area contributed by atoms with Crippen LogP contribution in [0.5, 0.6) is 5.75 Å². The molecule has 0 saturated heterocycles. The van der Waals surface area contributed by atoms with Crippen molar-refractivity contribution in [3.63, 3.8) is 0 Å². The lowest BCUT2D eigenvalue weighted by Crippen LogP contribution is -2.12. The fraction of sp³-hybridized carbons (Fsp3) is 0.579. The molecule has 1 saturated carbocycles. The zero-order chi connectivity index (χ0) is 14.2. The first-order valence-corrected chi connectivity index (χ1v) is 8.17. The van der Waals surface area contributed by atoms with Gasteiger partial charge < -0.3 is 4.74 Å². The van der Waals surface area contributed by atoms with Gasteiger partial charge in [0.15, 0.2) is 0 Å². The molecule has 1 fully saturated rings. The van der Waals surface area contributed by atoms with Crippen LogP contribution in [0.2, 0.25) is 0 Å². The Bertz CT molecular complexity index is 385. The molecule has 110 valence electrons. The van der Waals surface area contributed by atoms with Crippen LogP contribution in [0.4, 0.5) is 0 Å². The van der Waals surface area contributed by atoms with Crippen molar-refractivity contribution in [2.24, 2.45) is 5.92 Å². The third kappa shape index (κ3) is 4.40. The topological polar surface area (TPSA) is 9.23 Å². The van der Waals surface area contributed by atoms with Gasteiger partial charge in [0, 0.05) is 0 Å². The van der Waals surface area contributed by atoms with Gasteiger partial charge in [0.2, 0.25) is 0 Å². The molecule has 0 N–H and O–H groups in total. The summed E-state index contributed by atoms with van der Waals surface area (Å²) in [5.41, 5.74) is 1.49. The van der Waals surface area contributed by atoms with Gasteiger partial charge in [0.1, 0.15) is 5.75 Å². The minimum absolute atomic E-state index is 0.751. The second kappa shape index (κ2) is 8.14. The van der Waals surface area contributed by atoms with Crippen molar-refractivity contribution in [2.45, 2.75) is 57.8 Å². The van der Waals surface area contributed by atoms with Crippen LogP contribution >= 0.6 is 0 Å². The summed E-state index contributed by atoms with van der Waals surface area (Å²) in [5, 5.41) is 0. The number of benzene rings is 1. The van der Waals surface area contributed by atoms with E-state index in [-0.39, 0.29) is 0 Å². The van der Waals surface area contributed by atoms with Crippen molar-refractivity contribution in [2.75, 3.05) is 6.61 Å². The molecule has 2 rings (SSSR count). The second-order valence-electron chi connectivity index (χ2n) is 6.01. The summed E-state index contributed by atoms with van der Waals surface area (Å²) in [7, 11) is 0. The first kappa shape index (κ1) is 15.2. The average molecular weight is 272 g/mol. The van der Waals surface area contributed by atoms with E-state index in [2.05, 4.69) is 43.8 Å². The Morgan fingerprint density at radius 2 is 1.85 bits per heavy atom. The molecule has 0 aliphatic heterocycles. The maximum atomic E-state index is 5.73. The Balaban J connectivity index is 1.83. The van der Waals surface area contributed by atoms with Crippen molar-refractivity contribution in [1.82, 2.24) is 0 Å². The lowest BCUT2D eigenvalue weighted by molar-refractivity contribution is 0.308. The minimum Gasteiger partial charge on any atom is -0.494 e. The molecule has 0 atom stereocenters. The van der Waals surface area contributed by atoms with E-state index in [4.69, 9.17) is 4.74 Å². The third-order valence-corrected chi connectivity index (χ3v) is 4.46. The van der Waals surface area contributed by atoms with E-state index in [9.17, 15) is 0 Å². The summed E-state index contributed by atoms with van der Waals surface area (Å²) in [6, 6.07) is 8.81. The molecule has 0 bridgehead atoms. The van der Waals surface area contributed by atoms with Gasteiger partial charge >= 0.3 is 0 Å². The van der Waals surface area contributed by atoms with E-state index < -0.39 is 0 Å². The molecule has 1 aromatic carbocycles. The molecule has 1 nitrogen and oxygen atoms in total. The first-order chi connectivity index (χ1) is 9.83. The Morgan fingerprint density at radius 3 is 2.45 bits per heavy atom. The normalized spacial score (nSPS) is 22.4. The van der Waals surface area contributed by atoms with Crippen molar-refractivity contribution >= 4 is 0 Å². The largest absolute Gasteiger partial charge is 0.494 e. The Hall–Kier alpha value is -1.24. The molecule has 1 aliphatic carbocycles. The number of hydrogen-bond acceptors (Lipinski definition) is 1. The van der Waals surface area contributed by atoms with Gasteiger partial charge in [-0.25, -0.2) is 0 Å². The smallest absolute Gasteiger partial charge is 0.119 e. The number of hydrogen-bond donors (Lipinski definition) is 0. The standard InChI is InChI=1S/C19H28O/c1-3-5-15-20-19-13-11-18(12-14-19)17-9-7-16(6-4-2)8-10-17/h4,11-14,16-17H,2-3,5-10,15H2,1H3. The Labute approximate surface area is 124 Å². The monoisotopic (exact) mass is 272 g/mol. The van der Waals surface area contributed by atoms with E-state index in [0.717, 1.165) is 30.6 Å². The van der Waals surface area contributed by atoms with Crippen LogP contribution in [0.25, 0.3) is 0 Å². The molecule has 0 heterocycles. The predicted octanol–water partition coefficient (Wildman–Crippen LogP) is 5.72. The molecule has 1 aromatic rings. The van der Waals surface area contributed by atoms with E-state index in [1.807, 2.05) is 0 Å². The number of ether oxygens (including phenoxy) is 1. The molecule has 0 spiro atoms. The highest BCUT2D eigenvalue weighted by Crippen LogP contribution is 2.37. The van der Waals surface area contributed by atoms with Crippen LogP contribution < -0.4 is 4.74 Å². The van der Waals surface area contributed by atoms with Crippen molar-refractivity contribution in [3.05, 3.63) is 42.5 Å². The van der Waals surface area contributed by atoms with Crippen LogP contribution in [0.3, 0.4) is 0 Å². The summed E-state index contributed by atoms with van der Waals surface area (Å²) in [5.74, 6) is 2.64. The highest BCUT2D eigenvalue weighted by molar-refractivity contribution is 5.29. The Morgan fingerprint density at radius 1 is 1.15 bits per heavy atom. The highest BCUT2D eigenvalue weighted by Gasteiger charge is 2.21. The second-order valence-corrected chi connectivity index (χ2v) is 6.01. The first-order valence-electron chi connectivity index (χ1n) is 8.17. The third-order valence-electron chi connectivity index (χ3n) is 4.46. The zero-order valence-corrected chi connectivity index (χ0v) is 12.8. The van der Waals surface area contributed by atoms with E-state index >= 15 is 0 Å². The molecular formula is C19H28O. The molecule has 0 radical (unpaired) electrons. The molecule has 1 aliphatic rings. The van der Waals surface area contributed by atoms with Gasteiger partial charge in [-0.1, -0.05) is 31.6 Å². The summed E-state index contributed by atoms with van der Waals surface area (Å²) in [4.78, 5) is 0. The maximum Gasteiger partial charge on any atom is 0.119 e. The SMILES string of the molecule is C=CCC1CCC(c2ccc(OCCCC)cc2)CC1. The Kier molecular flexibility index (Phi) is 6.17. The van der Waals surface area contributed by atoms with E-state index in [1.54, 1.807) is 0 Å². The number of rotatable bonds is 7. The molecular weight excluding hydrogens is 244 g/mol. The van der Waals surface area contributed by atoms with Crippen LogP contribution in [0.1, 0.15) is 63.4 Å². The van der Waals surface area contributed by atoms with Crippen LogP contribution in [0, 0.1) is 5.92 Å². The van der Waals surface area contributed by atoms with Crippen molar-refractivity contribution < 1.29 is 4.74 Å².